The molecule has 0 radical (unpaired) electrons. The maximum absolute atomic E-state index is 12.3. The van der Waals surface area contributed by atoms with Gasteiger partial charge < -0.3 is 15.0 Å². The lowest BCUT2D eigenvalue weighted by Gasteiger charge is -2.24. The fourth-order valence-corrected chi connectivity index (χ4v) is 4.53. The van der Waals surface area contributed by atoms with Crippen LogP contribution in [0.15, 0.2) is 59.5 Å². The Morgan fingerprint density at radius 3 is 2.32 bits per heavy atom. The molecule has 150 valence electrons. The van der Waals surface area contributed by atoms with Gasteiger partial charge in [-0.05, 0) is 17.7 Å². The molecule has 6 nitrogen and oxygen atoms in total. The van der Waals surface area contributed by atoms with Gasteiger partial charge in [0.1, 0.15) is 19.6 Å². The smallest absolute Gasteiger partial charge is 0.221 e. The Balaban J connectivity index is 1.52. The summed E-state index contributed by atoms with van der Waals surface area (Å²) in [5.74, 6) is -0.448. The Hall–Kier alpha value is -2.22. The summed E-state index contributed by atoms with van der Waals surface area (Å²) in [6.45, 7) is 4.84. The molecule has 0 saturated carbocycles. The molecule has 2 N–H and O–H groups in total. The van der Waals surface area contributed by atoms with Crippen molar-refractivity contribution in [3.05, 3.63) is 65.7 Å². The van der Waals surface area contributed by atoms with E-state index in [1.54, 1.807) is 30.3 Å². The molecule has 3 rings (SSSR count). The van der Waals surface area contributed by atoms with Gasteiger partial charge in [-0.3, -0.25) is 4.79 Å². The number of quaternary nitrogens is 1. The number of carbonyl (C=O) groups is 1. The molecule has 7 heteroatoms. The first kappa shape index (κ1) is 20.5. The minimum absolute atomic E-state index is 0.0475. The van der Waals surface area contributed by atoms with Crippen molar-refractivity contribution < 1.29 is 22.8 Å². The molecule has 2 aromatic carbocycles. The van der Waals surface area contributed by atoms with E-state index in [9.17, 15) is 13.2 Å². The van der Waals surface area contributed by atoms with E-state index in [1.807, 2.05) is 18.2 Å². The first-order chi connectivity index (χ1) is 13.5. The third-order valence-corrected chi connectivity index (χ3v) is 6.67. The number of ether oxygens (including phenoxy) is 1. The average molecular weight is 404 g/mol. The van der Waals surface area contributed by atoms with Gasteiger partial charge in [0, 0.05) is 18.5 Å². The molecule has 1 amide bonds. The Morgan fingerprint density at radius 1 is 0.964 bits per heavy atom. The summed E-state index contributed by atoms with van der Waals surface area (Å²) in [6, 6.07) is 16.3. The Morgan fingerprint density at radius 2 is 1.61 bits per heavy atom. The van der Waals surface area contributed by atoms with Gasteiger partial charge in [0.15, 0.2) is 9.84 Å². The number of hydrogen-bond acceptors (Lipinski definition) is 4. The van der Waals surface area contributed by atoms with Crippen LogP contribution in [-0.4, -0.2) is 46.4 Å². The van der Waals surface area contributed by atoms with Gasteiger partial charge in [0.2, 0.25) is 5.91 Å². The van der Waals surface area contributed by atoms with E-state index >= 15 is 0 Å². The van der Waals surface area contributed by atoms with Crippen molar-refractivity contribution in [3.63, 3.8) is 0 Å². The predicted octanol–water partition coefficient (Wildman–Crippen LogP) is 0.582. The molecule has 1 aliphatic rings. The highest BCUT2D eigenvalue weighted by Crippen LogP contribution is 2.11. The molecule has 0 aliphatic carbocycles. The minimum atomic E-state index is -3.44. The number of nitrogens with one attached hydrogen (secondary N) is 2. The van der Waals surface area contributed by atoms with Crippen molar-refractivity contribution >= 4 is 15.7 Å². The van der Waals surface area contributed by atoms with Crippen LogP contribution in [0.5, 0.6) is 0 Å². The third-order valence-electron chi connectivity index (χ3n) is 4.93. The summed E-state index contributed by atoms with van der Waals surface area (Å²) in [4.78, 5) is 13.9. The maximum atomic E-state index is 12.3. The van der Waals surface area contributed by atoms with Crippen LogP contribution in [0.1, 0.15) is 17.5 Å². The zero-order chi connectivity index (χ0) is 19.8. The van der Waals surface area contributed by atoms with E-state index in [1.165, 1.54) is 10.5 Å². The van der Waals surface area contributed by atoms with Crippen molar-refractivity contribution in [1.29, 1.82) is 0 Å². The zero-order valence-electron chi connectivity index (χ0n) is 15.9. The molecular formula is C21H27N2O4S+. The lowest BCUT2D eigenvalue weighted by atomic mass is 10.1. The SMILES string of the molecule is O=C(CCS(=O)(=O)c1ccccc1)NCc1ccccc1C[NH+]1CCOCC1. The molecule has 0 unspecified atom stereocenters. The normalized spacial score (nSPS) is 15.3. The second-order valence-corrected chi connectivity index (χ2v) is 9.08. The Kier molecular flexibility index (Phi) is 7.19. The largest absolute Gasteiger partial charge is 0.370 e. The van der Waals surface area contributed by atoms with Gasteiger partial charge in [-0.15, -0.1) is 0 Å². The van der Waals surface area contributed by atoms with Gasteiger partial charge in [-0.25, -0.2) is 8.42 Å². The molecule has 28 heavy (non-hydrogen) atoms. The molecule has 0 aromatic heterocycles. The summed E-state index contributed by atoms with van der Waals surface area (Å²) in [6.07, 6.45) is -0.0475. The lowest BCUT2D eigenvalue weighted by Crippen LogP contribution is -3.12. The summed E-state index contributed by atoms with van der Waals surface area (Å²) in [5.41, 5.74) is 2.28. The number of benzene rings is 2. The van der Waals surface area contributed by atoms with Gasteiger partial charge in [0.25, 0.3) is 0 Å². The fraction of sp³-hybridized carbons (Fsp3) is 0.381. The van der Waals surface area contributed by atoms with Crippen LogP contribution in [0.2, 0.25) is 0 Å². The minimum Gasteiger partial charge on any atom is -0.370 e. The number of amides is 1. The molecule has 2 aromatic rings. The van der Waals surface area contributed by atoms with Crippen LogP contribution < -0.4 is 10.2 Å². The van der Waals surface area contributed by atoms with Crippen LogP contribution in [0.4, 0.5) is 0 Å². The number of sulfone groups is 1. The second kappa shape index (κ2) is 9.82. The Bertz CT molecular complexity index is 878. The van der Waals surface area contributed by atoms with E-state index in [-0.39, 0.29) is 23.0 Å². The van der Waals surface area contributed by atoms with Gasteiger partial charge in [-0.2, -0.15) is 0 Å². The number of carbonyl (C=O) groups excluding carboxylic acids is 1. The molecule has 1 saturated heterocycles. The van der Waals surface area contributed by atoms with Crippen molar-refractivity contribution in [2.45, 2.75) is 24.4 Å². The molecular weight excluding hydrogens is 376 g/mol. The quantitative estimate of drug-likeness (QED) is 0.676. The van der Waals surface area contributed by atoms with Gasteiger partial charge in [0.05, 0.1) is 23.9 Å². The van der Waals surface area contributed by atoms with E-state index in [0.717, 1.165) is 38.4 Å². The number of hydrogen-bond donors (Lipinski definition) is 2. The van der Waals surface area contributed by atoms with E-state index in [2.05, 4.69) is 11.4 Å². The van der Waals surface area contributed by atoms with Crippen LogP contribution in [0.25, 0.3) is 0 Å². The molecule has 1 fully saturated rings. The molecule has 1 heterocycles. The molecule has 0 atom stereocenters. The van der Waals surface area contributed by atoms with E-state index in [0.29, 0.717) is 6.54 Å². The molecule has 0 spiro atoms. The summed E-state index contributed by atoms with van der Waals surface area (Å²) in [7, 11) is -3.44. The third kappa shape index (κ3) is 5.89. The fourth-order valence-electron chi connectivity index (χ4n) is 3.26. The molecule has 1 aliphatic heterocycles. The second-order valence-electron chi connectivity index (χ2n) is 6.97. The zero-order valence-corrected chi connectivity index (χ0v) is 16.7. The highest BCUT2D eigenvalue weighted by atomic mass is 32.2. The van der Waals surface area contributed by atoms with Gasteiger partial charge in [-0.1, -0.05) is 42.5 Å². The monoisotopic (exact) mass is 403 g/mol. The first-order valence-corrected chi connectivity index (χ1v) is 11.2. The van der Waals surface area contributed by atoms with Crippen molar-refractivity contribution in [1.82, 2.24) is 5.32 Å². The van der Waals surface area contributed by atoms with Crippen molar-refractivity contribution in [3.8, 4) is 0 Å². The summed E-state index contributed by atoms with van der Waals surface area (Å²) >= 11 is 0. The highest BCUT2D eigenvalue weighted by Gasteiger charge is 2.18. The van der Waals surface area contributed by atoms with E-state index < -0.39 is 9.84 Å². The maximum Gasteiger partial charge on any atom is 0.221 e. The lowest BCUT2D eigenvalue weighted by molar-refractivity contribution is -0.921. The van der Waals surface area contributed by atoms with Crippen molar-refractivity contribution in [2.75, 3.05) is 32.1 Å². The highest BCUT2D eigenvalue weighted by molar-refractivity contribution is 7.91. The average Bonchev–Trinajstić information content (AvgIpc) is 2.73. The standard InChI is InChI=1S/C21H26N2O4S/c24-21(10-15-28(25,26)20-8-2-1-3-9-20)22-16-18-6-4-5-7-19(18)17-23-11-13-27-14-12-23/h1-9H,10-17H2,(H,22,24)/p+1. The van der Waals surface area contributed by atoms with Crippen LogP contribution in [0, 0.1) is 0 Å². The van der Waals surface area contributed by atoms with Crippen LogP contribution in [-0.2, 0) is 32.5 Å². The van der Waals surface area contributed by atoms with Crippen LogP contribution in [0.3, 0.4) is 0 Å². The molecule has 0 bridgehead atoms. The predicted molar refractivity (Wildman–Crippen MR) is 107 cm³/mol. The number of rotatable bonds is 8. The number of morpholine rings is 1. The first-order valence-electron chi connectivity index (χ1n) is 9.57. The van der Waals surface area contributed by atoms with Gasteiger partial charge >= 0.3 is 0 Å². The summed E-state index contributed by atoms with van der Waals surface area (Å²) in [5, 5.41) is 2.86. The van der Waals surface area contributed by atoms with E-state index in [4.69, 9.17) is 4.74 Å². The Labute approximate surface area is 166 Å². The summed E-state index contributed by atoms with van der Waals surface area (Å²) < 4.78 is 30.0. The van der Waals surface area contributed by atoms with Crippen LogP contribution >= 0.6 is 0 Å². The topological polar surface area (TPSA) is 76.9 Å². The van der Waals surface area contributed by atoms with Crippen molar-refractivity contribution in [2.24, 2.45) is 0 Å².